The molecule has 1 aromatic carbocycles. The predicted octanol–water partition coefficient (Wildman–Crippen LogP) is 5.83. The molecular weight excluding hydrogens is 468 g/mol. The monoisotopic (exact) mass is 508 g/mol. The number of aliphatic imine (C=N–C) groups is 1. The van der Waals surface area contributed by atoms with Crippen molar-refractivity contribution < 1.29 is 19.1 Å². The van der Waals surface area contributed by atoms with Crippen LogP contribution in [-0.2, 0) is 16.0 Å². The number of hydrogen-bond acceptors (Lipinski definition) is 6. The average molecular weight is 509 g/mol. The van der Waals surface area contributed by atoms with Crippen LogP contribution in [0, 0.1) is 0 Å². The lowest BCUT2D eigenvalue weighted by molar-refractivity contribution is 0.0355. The molecule has 0 aromatic heterocycles. The van der Waals surface area contributed by atoms with Gasteiger partial charge in [-0.25, -0.2) is 19.5 Å². The van der Waals surface area contributed by atoms with E-state index in [1.807, 2.05) is 32.9 Å². The zero-order valence-electron chi connectivity index (χ0n) is 22.0. The molecule has 35 heavy (non-hydrogen) atoms. The molecule has 0 unspecified atom stereocenters. The number of ether oxygens (including phenoxy) is 2. The van der Waals surface area contributed by atoms with Gasteiger partial charge in [0.1, 0.15) is 11.2 Å². The Bertz CT molecular complexity index is 854. The molecular formula is C26H41ClN4O4. The molecule has 9 heteroatoms. The fourth-order valence-electron chi connectivity index (χ4n) is 3.56. The Hall–Kier alpha value is -2.32. The van der Waals surface area contributed by atoms with Gasteiger partial charge in [0.2, 0.25) is 5.96 Å². The van der Waals surface area contributed by atoms with E-state index in [1.165, 1.54) is 17.7 Å². The number of halogens is 1. The van der Waals surface area contributed by atoms with Crippen LogP contribution < -0.4 is 5.32 Å². The number of carbonyl (C=O) groups is 2. The van der Waals surface area contributed by atoms with Gasteiger partial charge >= 0.3 is 12.2 Å². The second-order valence-electron chi connectivity index (χ2n) is 10.8. The van der Waals surface area contributed by atoms with Crippen molar-refractivity contribution >= 4 is 29.7 Å². The smallest absolute Gasteiger partial charge is 0.417 e. The normalized spacial score (nSPS) is 15.1. The van der Waals surface area contributed by atoms with Crippen LogP contribution in [0.1, 0.15) is 72.8 Å². The molecule has 2 rings (SSSR count). The van der Waals surface area contributed by atoms with Crippen molar-refractivity contribution in [3.8, 4) is 0 Å². The van der Waals surface area contributed by atoms with Crippen molar-refractivity contribution in [2.45, 2.75) is 85.0 Å². The number of hydrogen-bond donors (Lipinski definition) is 1. The topological polar surface area (TPSA) is 83.5 Å². The number of benzene rings is 1. The average Bonchev–Trinajstić information content (AvgIpc) is 3.23. The Morgan fingerprint density at radius 1 is 1.00 bits per heavy atom. The summed E-state index contributed by atoms with van der Waals surface area (Å²) in [4.78, 5) is 34.2. The maximum atomic E-state index is 13.2. The fraction of sp³-hybridized carbons (Fsp3) is 0.654. The van der Waals surface area contributed by atoms with Gasteiger partial charge < -0.3 is 14.4 Å². The van der Waals surface area contributed by atoms with Crippen LogP contribution in [0.3, 0.4) is 0 Å². The summed E-state index contributed by atoms with van der Waals surface area (Å²) in [5, 5.41) is 3.30. The predicted molar refractivity (Wildman–Crippen MR) is 140 cm³/mol. The molecule has 1 fully saturated rings. The molecule has 0 bridgehead atoms. The second kappa shape index (κ2) is 13.1. The number of rotatable bonds is 7. The molecule has 0 radical (unpaired) electrons. The van der Waals surface area contributed by atoms with Crippen LogP contribution in [0.2, 0.25) is 5.02 Å². The summed E-state index contributed by atoms with van der Waals surface area (Å²) in [6, 6.07) is 7.25. The van der Waals surface area contributed by atoms with Gasteiger partial charge in [-0.1, -0.05) is 23.7 Å². The van der Waals surface area contributed by atoms with Crippen LogP contribution in [0.4, 0.5) is 9.59 Å². The Labute approximate surface area is 215 Å². The highest BCUT2D eigenvalue weighted by molar-refractivity contribution is 6.30. The molecule has 8 nitrogen and oxygen atoms in total. The van der Waals surface area contributed by atoms with E-state index in [-0.39, 0.29) is 12.5 Å². The zero-order valence-corrected chi connectivity index (χ0v) is 22.8. The maximum Gasteiger partial charge on any atom is 0.417 e. The van der Waals surface area contributed by atoms with Crippen LogP contribution >= 0.6 is 11.6 Å². The quantitative estimate of drug-likeness (QED) is 0.284. The highest BCUT2D eigenvalue weighted by Gasteiger charge is 2.28. The van der Waals surface area contributed by atoms with E-state index in [1.54, 1.807) is 32.9 Å². The Balaban J connectivity index is 2.22. The number of alkyl carbamates (subject to hydrolysis) is 1. The van der Waals surface area contributed by atoms with Gasteiger partial charge in [-0.05, 0) is 105 Å². The van der Waals surface area contributed by atoms with Crippen molar-refractivity contribution in [2.24, 2.45) is 4.99 Å². The summed E-state index contributed by atoms with van der Waals surface area (Å²) >= 11 is 5.99. The second-order valence-corrected chi connectivity index (χ2v) is 11.2. The molecule has 0 saturated carbocycles. The number of carbonyl (C=O) groups excluding carboxylic acids is 2. The lowest BCUT2D eigenvalue weighted by atomic mass is 10.2. The SMILES string of the molecule is CC(C)(C)OC(=O)NC(=NCc1ccc(Cl)cc1)N(CCCCN1CCCC1)C(=O)OC(C)(C)C. The lowest BCUT2D eigenvalue weighted by Gasteiger charge is -2.29. The van der Waals surface area contributed by atoms with E-state index in [9.17, 15) is 9.59 Å². The number of unbranched alkanes of at least 4 members (excludes halogenated alkanes) is 1. The number of guanidine groups is 1. The van der Waals surface area contributed by atoms with Gasteiger partial charge in [0, 0.05) is 11.6 Å². The minimum Gasteiger partial charge on any atom is -0.444 e. The van der Waals surface area contributed by atoms with Gasteiger partial charge in [-0.15, -0.1) is 0 Å². The lowest BCUT2D eigenvalue weighted by Crippen LogP contribution is -2.50. The third-order valence-electron chi connectivity index (χ3n) is 5.11. The molecule has 1 aromatic rings. The van der Waals surface area contributed by atoms with Gasteiger partial charge in [-0.3, -0.25) is 5.32 Å². The summed E-state index contributed by atoms with van der Waals surface area (Å²) in [6.45, 7) is 14.6. The molecule has 1 N–H and O–H groups in total. The summed E-state index contributed by atoms with van der Waals surface area (Å²) in [5.41, 5.74) is -0.508. The van der Waals surface area contributed by atoms with E-state index in [0.29, 0.717) is 11.6 Å². The molecule has 2 amide bonds. The zero-order chi connectivity index (χ0) is 26.1. The summed E-state index contributed by atoms with van der Waals surface area (Å²) in [5.74, 6) is 0.102. The first-order chi connectivity index (χ1) is 16.3. The van der Waals surface area contributed by atoms with E-state index in [2.05, 4.69) is 15.2 Å². The Morgan fingerprint density at radius 2 is 1.60 bits per heavy atom. The van der Waals surface area contributed by atoms with E-state index < -0.39 is 23.4 Å². The number of amides is 2. The molecule has 1 aliphatic rings. The van der Waals surface area contributed by atoms with E-state index >= 15 is 0 Å². The first-order valence-electron chi connectivity index (χ1n) is 12.3. The third kappa shape index (κ3) is 11.8. The van der Waals surface area contributed by atoms with Crippen molar-refractivity contribution in [3.05, 3.63) is 34.9 Å². The summed E-state index contributed by atoms with van der Waals surface area (Å²) in [6.07, 6.45) is 2.90. The minimum absolute atomic E-state index is 0.102. The fourth-order valence-corrected chi connectivity index (χ4v) is 3.68. The van der Waals surface area contributed by atoms with Gasteiger partial charge in [0.15, 0.2) is 0 Å². The first kappa shape index (κ1) is 28.9. The standard InChI is InChI=1S/C26H41ClN4O4/c1-25(2,3)34-23(32)29-22(28-19-20-11-13-21(27)14-12-20)31(24(33)35-26(4,5)6)18-10-9-17-30-15-7-8-16-30/h11-14H,7-10,15-19H2,1-6H3,(H,28,29,32). The van der Waals surface area contributed by atoms with Crippen LogP contribution in [0.5, 0.6) is 0 Å². The molecule has 1 saturated heterocycles. The van der Waals surface area contributed by atoms with E-state index in [0.717, 1.165) is 38.0 Å². The molecule has 0 spiro atoms. The number of nitrogens with one attached hydrogen (secondary N) is 1. The van der Waals surface area contributed by atoms with Crippen LogP contribution in [-0.4, -0.2) is 65.3 Å². The third-order valence-corrected chi connectivity index (χ3v) is 5.36. The Morgan fingerprint density at radius 3 is 2.17 bits per heavy atom. The van der Waals surface area contributed by atoms with Crippen LogP contribution in [0.15, 0.2) is 29.3 Å². The minimum atomic E-state index is -0.697. The molecule has 0 aliphatic carbocycles. The van der Waals surface area contributed by atoms with Gasteiger partial charge in [0.25, 0.3) is 0 Å². The highest BCUT2D eigenvalue weighted by atomic mass is 35.5. The maximum absolute atomic E-state index is 13.2. The van der Waals surface area contributed by atoms with Crippen LogP contribution in [0.25, 0.3) is 0 Å². The van der Waals surface area contributed by atoms with Crippen molar-refractivity contribution in [1.82, 2.24) is 15.1 Å². The molecule has 1 heterocycles. The molecule has 1 aliphatic heterocycles. The summed E-state index contributed by atoms with van der Waals surface area (Å²) in [7, 11) is 0. The molecule has 196 valence electrons. The van der Waals surface area contributed by atoms with Gasteiger partial charge in [-0.2, -0.15) is 0 Å². The molecule has 0 atom stereocenters. The highest BCUT2D eigenvalue weighted by Crippen LogP contribution is 2.15. The van der Waals surface area contributed by atoms with Crippen molar-refractivity contribution in [2.75, 3.05) is 26.2 Å². The Kier molecular flexibility index (Phi) is 10.8. The first-order valence-corrected chi connectivity index (χ1v) is 12.7. The van der Waals surface area contributed by atoms with Crippen molar-refractivity contribution in [3.63, 3.8) is 0 Å². The largest absolute Gasteiger partial charge is 0.444 e. The van der Waals surface area contributed by atoms with Crippen molar-refractivity contribution in [1.29, 1.82) is 0 Å². The summed E-state index contributed by atoms with van der Waals surface area (Å²) < 4.78 is 11.1. The van der Waals surface area contributed by atoms with E-state index in [4.69, 9.17) is 21.1 Å². The van der Waals surface area contributed by atoms with Gasteiger partial charge in [0.05, 0.1) is 6.54 Å². The number of nitrogens with zero attached hydrogens (tertiary/aromatic N) is 3. The number of likely N-dealkylation sites (tertiary alicyclic amines) is 1.